The highest BCUT2D eigenvalue weighted by molar-refractivity contribution is 5.30. The Bertz CT molecular complexity index is 1380. The smallest absolute Gasteiger partial charge is 0.238 e. The summed E-state index contributed by atoms with van der Waals surface area (Å²) < 4.78 is 0. The number of nitrogens with one attached hydrogen (secondary N) is 6. The van der Waals surface area contributed by atoms with Crippen LogP contribution in [0.1, 0.15) is 65.6 Å². The molecule has 0 aliphatic heterocycles. The minimum absolute atomic E-state index is 0.322. The van der Waals surface area contributed by atoms with Gasteiger partial charge < -0.3 is 40.1 Å². The lowest BCUT2D eigenvalue weighted by Gasteiger charge is -2.21. The summed E-state index contributed by atoms with van der Waals surface area (Å²) in [6.07, 6.45) is 20.7. The van der Waals surface area contributed by atoms with Crippen molar-refractivity contribution in [2.45, 2.75) is 43.3 Å². The fourth-order valence-corrected chi connectivity index (χ4v) is 4.67. The number of aromatic amines is 6. The summed E-state index contributed by atoms with van der Waals surface area (Å²) in [5.41, 5.74) is -1.54. The predicted octanol–water partition coefficient (Wildman–Crippen LogP) is 1.55. The van der Waals surface area contributed by atoms with Crippen molar-refractivity contribution < 1.29 is 10.2 Å². The zero-order chi connectivity index (χ0) is 26.7. The number of H-pyrrole nitrogens is 6. The van der Waals surface area contributed by atoms with Crippen LogP contribution in [0.25, 0.3) is 0 Å². The van der Waals surface area contributed by atoms with Crippen LogP contribution in [0.5, 0.6) is 0 Å². The van der Waals surface area contributed by atoms with Gasteiger partial charge in [0.25, 0.3) is 0 Å². The third kappa shape index (κ3) is 4.45. The Hall–Kier alpha value is -4.82. The molecule has 8 N–H and O–H groups in total. The van der Waals surface area contributed by atoms with Gasteiger partial charge in [-0.2, -0.15) is 0 Å². The van der Waals surface area contributed by atoms with Gasteiger partial charge in [0, 0.05) is 67.7 Å². The fraction of sp³-hybridized carbons (Fsp3) is 0.280. The van der Waals surface area contributed by atoms with Crippen molar-refractivity contribution in [1.29, 1.82) is 0 Å². The molecule has 6 aromatic heterocycles. The summed E-state index contributed by atoms with van der Waals surface area (Å²) >= 11 is 0. The van der Waals surface area contributed by atoms with Crippen molar-refractivity contribution in [2.24, 2.45) is 0 Å². The van der Waals surface area contributed by atoms with Gasteiger partial charge in [0.1, 0.15) is 0 Å². The van der Waals surface area contributed by atoms with Gasteiger partial charge in [0.05, 0.1) is 5.69 Å². The van der Waals surface area contributed by atoms with Crippen LogP contribution in [0.4, 0.5) is 0 Å². The van der Waals surface area contributed by atoms with Crippen LogP contribution in [0, 0.1) is 0 Å². The van der Waals surface area contributed by atoms with Crippen molar-refractivity contribution in [3.63, 3.8) is 0 Å². The molecule has 0 spiro atoms. The van der Waals surface area contributed by atoms with Gasteiger partial charge in [-0.15, -0.1) is 0 Å². The van der Waals surface area contributed by atoms with E-state index in [2.05, 4.69) is 59.8 Å². The van der Waals surface area contributed by atoms with Gasteiger partial charge in [0.15, 0.2) is 34.9 Å². The lowest BCUT2D eigenvalue weighted by atomic mass is 10.0. The third-order valence-electron chi connectivity index (χ3n) is 6.69. The van der Waals surface area contributed by atoms with E-state index in [0.29, 0.717) is 34.9 Å². The molecule has 0 amide bonds. The molecule has 14 heteroatoms. The quantitative estimate of drug-likeness (QED) is 0.109. The number of hydrogen-bond donors (Lipinski definition) is 8. The largest absolute Gasteiger partial charge is 0.368 e. The van der Waals surface area contributed by atoms with Crippen LogP contribution in [0.3, 0.4) is 0 Å². The highest BCUT2D eigenvalue weighted by Crippen LogP contribution is 2.31. The molecule has 200 valence electrons. The van der Waals surface area contributed by atoms with Crippen molar-refractivity contribution >= 4 is 0 Å². The first kappa shape index (κ1) is 24.5. The van der Waals surface area contributed by atoms with E-state index in [9.17, 15) is 10.2 Å². The molecule has 0 fully saturated rings. The van der Waals surface area contributed by atoms with E-state index >= 15 is 0 Å². The van der Waals surface area contributed by atoms with Crippen LogP contribution in [-0.2, 0) is 24.0 Å². The first-order chi connectivity index (χ1) is 19.1. The van der Waals surface area contributed by atoms with Crippen molar-refractivity contribution in [2.75, 3.05) is 0 Å². The van der Waals surface area contributed by atoms with Gasteiger partial charge in [-0.1, -0.05) is 6.42 Å². The summed E-state index contributed by atoms with van der Waals surface area (Å²) in [6, 6.07) is 0. The Kier molecular flexibility index (Phi) is 6.38. The molecular formula is C25H28N12O2. The standard InChI is InChI=1S/C25H28N12O2/c38-24(18-26-6-7-27-18,19-28-8-9-29-19)22-34-14-16(36-22)4-2-1-3-5-17-15-35-23(37-17)25(39,20-30-10-11-31-20)21-32-12-13-33-21/h6-15,38-39H,1-5H2,(H,26,27)(H,28,29)(H,30,31)(H,32,33)(H,34,36)(H,35,37). The van der Waals surface area contributed by atoms with Gasteiger partial charge in [-0.25, -0.2) is 29.9 Å². The molecule has 6 rings (SSSR count). The van der Waals surface area contributed by atoms with E-state index in [1.165, 1.54) is 0 Å². The second-order valence-electron chi connectivity index (χ2n) is 9.23. The molecular weight excluding hydrogens is 500 g/mol. The number of hydrogen-bond acceptors (Lipinski definition) is 8. The molecule has 0 atom stereocenters. The summed E-state index contributed by atoms with van der Waals surface area (Å²) in [5.74, 6) is 1.97. The molecule has 0 unspecified atom stereocenters. The second-order valence-corrected chi connectivity index (χ2v) is 9.23. The first-order valence-electron chi connectivity index (χ1n) is 12.6. The highest BCUT2D eigenvalue weighted by Gasteiger charge is 2.43. The Morgan fingerprint density at radius 2 is 1.08 bits per heavy atom. The summed E-state index contributed by atoms with van der Waals surface area (Å²) in [5, 5.41) is 23.0. The molecule has 0 aliphatic rings. The first-order valence-corrected chi connectivity index (χ1v) is 12.6. The van der Waals surface area contributed by atoms with E-state index in [1.54, 1.807) is 62.0 Å². The summed E-state index contributed by atoms with van der Waals surface area (Å²) in [7, 11) is 0. The van der Waals surface area contributed by atoms with Gasteiger partial charge in [0.2, 0.25) is 11.2 Å². The number of aryl methyl sites for hydroxylation is 2. The van der Waals surface area contributed by atoms with Gasteiger partial charge in [-0.3, -0.25) is 0 Å². The fourth-order valence-electron chi connectivity index (χ4n) is 4.67. The third-order valence-corrected chi connectivity index (χ3v) is 6.69. The average Bonchev–Trinajstić information content (AvgIpc) is 3.82. The van der Waals surface area contributed by atoms with E-state index in [1.807, 2.05) is 0 Å². The number of aliphatic hydroxyl groups is 2. The highest BCUT2D eigenvalue weighted by atomic mass is 16.3. The lowest BCUT2D eigenvalue weighted by molar-refractivity contribution is 0.0982. The predicted molar refractivity (Wildman–Crippen MR) is 137 cm³/mol. The van der Waals surface area contributed by atoms with Crippen LogP contribution in [-0.4, -0.2) is 70.0 Å². The molecule has 0 bridgehead atoms. The molecule has 0 aromatic carbocycles. The minimum Gasteiger partial charge on any atom is -0.368 e. The van der Waals surface area contributed by atoms with E-state index in [0.717, 1.165) is 43.5 Å². The van der Waals surface area contributed by atoms with E-state index < -0.39 is 11.2 Å². The number of unbranched alkanes of at least 4 members (excludes halogenated alkanes) is 2. The van der Waals surface area contributed by atoms with Gasteiger partial charge >= 0.3 is 0 Å². The van der Waals surface area contributed by atoms with Crippen LogP contribution in [0.15, 0.2) is 62.0 Å². The normalized spacial score (nSPS) is 12.4. The molecule has 39 heavy (non-hydrogen) atoms. The average molecular weight is 529 g/mol. The Morgan fingerprint density at radius 3 is 1.59 bits per heavy atom. The Balaban J connectivity index is 1.06. The maximum absolute atomic E-state index is 11.5. The number of imidazole rings is 6. The molecule has 14 nitrogen and oxygen atoms in total. The number of nitrogens with zero attached hydrogens (tertiary/aromatic N) is 6. The minimum atomic E-state index is -1.64. The van der Waals surface area contributed by atoms with Crippen LogP contribution in [0.2, 0.25) is 0 Å². The Morgan fingerprint density at radius 1 is 0.564 bits per heavy atom. The monoisotopic (exact) mass is 528 g/mol. The van der Waals surface area contributed by atoms with E-state index in [4.69, 9.17) is 0 Å². The maximum Gasteiger partial charge on any atom is 0.238 e. The number of aromatic nitrogens is 12. The summed E-state index contributed by atoms with van der Waals surface area (Å²) in [6.45, 7) is 0. The SMILES string of the molecule is OC(c1ncc[nH]1)(c1ncc[nH]1)c1nc(CCCCCc2cnc(C(O)(c3ncc[nH]3)c3ncc[nH]3)[nH]2)c[nH]1. The molecule has 6 heterocycles. The van der Waals surface area contributed by atoms with Gasteiger partial charge in [-0.05, 0) is 25.7 Å². The molecule has 0 saturated carbocycles. The van der Waals surface area contributed by atoms with Crippen molar-refractivity contribution in [3.8, 4) is 0 Å². The van der Waals surface area contributed by atoms with Crippen LogP contribution >= 0.6 is 0 Å². The molecule has 0 radical (unpaired) electrons. The van der Waals surface area contributed by atoms with Crippen LogP contribution < -0.4 is 0 Å². The topological polar surface area (TPSA) is 213 Å². The molecule has 0 aliphatic carbocycles. The second kappa shape index (κ2) is 10.2. The zero-order valence-electron chi connectivity index (χ0n) is 20.9. The maximum atomic E-state index is 11.5. The van der Waals surface area contributed by atoms with E-state index in [-0.39, 0.29) is 0 Å². The van der Waals surface area contributed by atoms with Crippen molar-refractivity contribution in [1.82, 2.24) is 59.8 Å². The molecule has 0 saturated heterocycles. The van der Waals surface area contributed by atoms with Crippen molar-refractivity contribution in [3.05, 3.63) is 108 Å². The lowest BCUT2D eigenvalue weighted by Crippen LogP contribution is -2.33. The zero-order valence-corrected chi connectivity index (χ0v) is 20.9. The Labute approximate surface area is 221 Å². The molecule has 6 aromatic rings. The number of rotatable bonds is 12. The summed E-state index contributed by atoms with van der Waals surface area (Å²) in [4.78, 5) is 44.2.